The number of fused-ring (bicyclic) bond motifs is 1. The number of benzene rings is 1. The van der Waals surface area contributed by atoms with E-state index in [4.69, 9.17) is 11.6 Å². The largest absolute Gasteiger partial charge is 0.287 e. The molecule has 1 aromatic heterocycles. The van der Waals surface area contributed by atoms with Crippen molar-refractivity contribution < 1.29 is 4.79 Å². The number of aryl methyl sites for hydroxylation is 1. The molecule has 0 bridgehead atoms. The number of alkyl halides is 1. The summed E-state index contributed by atoms with van der Waals surface area (Å²) in [6.07, 6.45) is 2.18. The van der Waals surface area contributed by atoms with Gasteiger partial charge in [0.2, 0.25) is 5.91 Å². The molecule has 2 rings (SSSR count). The van der Waals surface area contributed by atoms with E-state index in [1.165, 1.54) is 5.56 Å². The maximum absolute atomic E-state index is 11.7. The Morgan fingerprint density at radius 2 is 2.20 bits per heavy atom. The summed E-state index contributed by atoms with van der Waals surface area (Å²) in [7, 11) is 0. The number of halogens is 1. The fourth-order valence-electron chi connectivity index (χ4n) is 1.68. The lowest BCUT2D eigenvalue weighted by atomic mass is 10.2. The Balaban J connectivity index is 2.49. The Hall–Kier alpha value is -1.28. The molecule has 0 amide bonds. The molecular weight excluding hydrogens is 210 g/mol. The van der Waals surface area contributed by atoms with Crippen LogP contribution in [0.2, 0.25) is 0 Å². The molecule has 0 saturated carbocycles. The van der Waals surface area contributed by atoms with Gasteiger partial charge in [-0.25, -0.2) is 0 Å². The fourth-order valence-corrected chi connectivity index (χ4v) is 1.84. The van der Waals surface area contributed by atoms with Crippen molar-refractivity contribution in [1.29, 1.82) is 0 Å². The summed E-state index contributed by atoms with van der Waals surface area (Å²) >= 11 is 5.56. The molecule has 2 nitrogen and oxygen atoms in total. The van der Waals surface area contributed by atoms with Gasteiger partial charge in [0.05, 0.1) is 5.52 Å². The van der Waals surface area contributed by atoms with Crippen molar-refractivity contribution in [3.63, 3.8) is 0 Å². The standard InChI is InChI=1S/C12H12ClNO/c1-9-2-3-11-10(8-9)5-7-14(11)12(15)4-6-13/h2-3,5,7-8H,4,6H2,1H3. The van der Waals surface area contributed by atoms with Crippen LogP contribution < -0.4 is 0 Å². The van der Waals surface area contributed by atoms with Crippen LogP contribution in [-0.4, -0.2) is 16.4 Å². The second-order valence-electron chi connectivity index (χ2n) is 3.58. The van der Waals surface area contributed by atoms with Gasteiger partial charge in [-0.1, -0.05) is 11.6 Å². The predicted octanol–water partition coefficient (Wildman–Crippen LogP) is 3.22. The van der Waals surface area contributed by atoms with Crippen LogP contribution in [-0.2, 0) is 0 Å². The third kappa shape index (κ3) is 1.90. The summed E-state index contributed by atoms with van der Waals surface area (Å²) in [6.45, 7) is 2.04. The number of hydrogen-bond acceptors (Lipinski definition) is 1. The zero-order chi connectivity index (χ0) is 10.8. The average molecular weight is 222 g/mol. The Labute approximate surface area is 93.5 Å². The van der Waals surface area contributed by atoms with E-state index in [0.29, 0.717) is 12.3 Å². The van der Waals surface area contributed by atoms with Crippen molar-refractivity contribution >= 4 is 28.4 Å². The molecule has 15 heavy (non-hydrogen) atoms. The van der Waals surface area contributed by atoms with E-state index in [0.717, 1.165) is 10.9 Å². The number of rotatable bonds is 2. The summed E-state index contributed by atoms with van der Waals surface area (Å²) in [5, 5.41) is 1.10. The zero-order valence-corrected chi connectivity index (χ0v) is 9.29. The molecule has 0 N–H and O–H groups in total. The van der Waals surface area contributed by atoms with Crippen molar-refractivity contribution in [3.8, 4) is 0 Å². The highest BCUT2D eigenvalue weighted by Crippen LogP contribution is 2.17. The Morgan fingerprint density at radius 3 is 2.93 bits per heavy atom. The van der Waals surface area contributed by atoms with Crippen LogP contribution in [0.1, 0.15) is 16.8 Å². The molecule has 0 atom stereocenters. The van der Waals surface area contributed by atoms with Crippen molar-refractivity contribution in [2.24, 2.45) is 0 Å². The van der Waals surface area contributed by atoms with Gasteiger partial charge >= 0.3 is 0 Å². The molecular formula is C12H12ClNO. The minimum atomic E-state index is 0.0452. The summed E-state index contributed by atoms with van der Waals surface area (Å²) in [5.41, 5.74) is 2.15. The second-order valence-corrected chi connectivity index (χ2v) is 3.96. The Kier molecular flexibility index (Phi) is 2.78. The molecule has 0 aliphatic heterocycles. The van der Waals surface area contributed by atoms with Gasteiger partial charge in [-0.2, -0.15) is 0 Å². The summed E-state index contributed by atoms with van der Waals surface area (Å²) in [6, 6.07) is 8.00. The topological polar surface area (TPSA) is 22.0 Å². The van der Waals surface area contributed by atoms with E-state index in [1.807, 2.05) is 25.1 Å². The molecule has 78 valence electrons. The first kappa shape index (κ1) is 10.2. The lowest BCUT2D eigenvalue weighted by Crippen LogP contribution is -2.09. The van der Waals surface area contributed by atoms with Crippen molar-refractivity contribution in [1.82, 2.24) is 4.57 Å². The van der Waals surface area contributed by atoms with Gasteiger partial charge in [0, 0.05) is 23.9 Å². The third-order valence-corrected chi connectivity index (χ3v) is 2.61. The van der Waals surface area contributed by atoms with Crippen LogP contribution in [0.5, 0.6) is 0 Å². The maximum Gasteiger partial charge on any atom is 0.232 e. The lowest BCUT2D eigenvalue weighted by molar-refractivity contribution is 0.0915. The van der Waals surface area contributed by atoms with Gasteiger partial charge in [-0.15, -0.1) is 11.6 Å². The Bertz CT molecular complexity index is 501. The highest BCUT2D eigenvalue weighted by atomic mass is 35.5. The van der Waals surface area contributed by atoms with Crippen LogP contribution in [0.15, 0.2) is 30.5 Å². The number of carbonyl (C=O) groups excluding carboxylic acids is 1. The summed E-state index contributed by atoms with van der Waals surface area (Å²) < 4.78 is 1.66. The minimum Gasteiger partial charge on any atom is -0.287 e. The molecule has 0 fully saturated rings. The van der Waals surface area contributed by atoms with Gasteiger partial charge in [-0.3, -0.25) is 9.36 Å². The SMILES string of the molecule is Cc1ccc2c(ccn2C(=O)CCCl)c1. The Morgan fingerprint density at radius 1 is 1.40 bits per heavy atom. The predicted molar refractivity (Wildman–Crippen MR) is 62.6 cm³/mol. The molecule has 2 aromatic rings. The van der Waals surface area contributed by atoms with E-state index >= 15 is 0 Å². The molecule has 1 heterocycles. The molecule has 0 unspecified atom stereocenters. The fraction of sp³-hybridized carbons (Fsp3) is 0.250. The molecule has 1 aromatic carbocycles. The van der Waals surface area contributed by atoms with Crippen LogP contribution >= 0.6 is 11.6 Å². The maximum atomic E-state index is 11.7. The first-order valence-corrected chi connectivity index (χ1v) is 5.42. The van der Waals surface area contributed by atoms with E-state index in [-0.39, 0.29) is 5.91 Å². The van der Waals surface area contributed by atoms with Crippen LogP contribution in [0.4, 0.5) is 0 Å². The number of carbonyl (C=O) groups is 1. The van der Waals surface area contributed by atoms with Gasteiger partial charge < -0.3 is 0 Å². The van der Waals surface area contributed by atoms with Gasteiger partial charge in [0.1, 0.15) is 0 Å². The molecule has 0 aliphatic carbocycles. The zero-order valence-electron chi connectivity index (χ0n) is 8.53. The second kappa shape index (κ2) is 4.07. The first-order chi connectivity index (χ1) is 7.22. The number of nitrogens with zero attached hydrogens (tertiary/aromatic N) is 1. The number of hydrogen-bond donors (Lipinski definition) is 0. The van der Waals surface area contributed by atoms with E-state index in [1.54, 1.807) is 10.8 Å². The molecule has 0 aliphatic rings. The van der Waals surface area contributed by atoms with Crippen molar-refractivity contribution in [2.75, 3.05) is 5.88 Å². The quantitative estimate of drug-likeness (QED) is 0.714. The van der Waals surface area contributed by atoms with Crippen molar-refractivity contribution in [2.45, 2.75) is 13.3 Å². The van der Waals surface area contributed by atoms with Crippen LogP contribution in [0, 0.1) is 6.92 Å². The van der Waals surface area contributed by atoms with Gasteiger partial charge in [0.25, 0.3) is 0 Å². The van der Waals surface area contributed by atoms with Crippen molar-refractivity contribution in [3.05, 3.63) is 36.0 Å². The van der Waals surface area contributed by atoms with Crippen LogP contribution in [0.25, 0.3) is 10.9 Å². The van der Waals surface area contributed by atoms with E-state index < -0.39 is 0 Å². The third-order valence-electron chi connectivity index (χ3n) is 2.42. The highest BCUT2D eigenvalue weighted by Gasteiger charge is 2.07. The summed E-state index contributed by atoms with van der Waals surface area (Å²) in [4.78, 5) is 11.7. The molecule has 3 heteroatoms. The summed E-state index contributed by atoms with van der Waals surface area (Å²) in [5.74, 6) is 0.411. The molecule has 0 saturated heterocycles. The van der Waals surface area contributed by atoms with E-state index in [9.17, 15) is 4.79 Å². The van der Waals surface area contributed by atoms with Gasteiger partial charge in [-0.05, 0) is 25.1 Å². The highest BCUT2D eigenvalue weighted by molar-refractivity contribution is 6.19. The number of aromatic nitrogens is 1. The minimum absolute atomic E-state index is 0.0452. The van der Waals surface area contributed by atoms with Crippen LogP contribution in [0.3, 0.4) is 0 Å². The lowest BCUT2D eigenvalue weighted by Gasteiger charge is -2.02. The smallest absolute Gasteiger partial charge is 0.232 e. The molecule has 0 spiro atoms. The average Bonchev–Trinajstić information content (AvgIpc) is 2.60. The van der Waals surface area contributed by atoms with E-state index in [2.05, 4.69) is 6.07 Å². The normalized spacial score (nSPS) is 10.8. The van der Waals surface area contributed by atoms with Gasteiger partial charge in [0.15, 0.2) is 0 Å². The first-order valence-electron chi connectivity index (χ1n) is 4.89. The molecule has 0 radical (unpaired) electrons. The monoisotopic (exact) mass is 221 g/mol.